The Bertz CT molecular complexity index is 2200. The van der Waals surface area contributed by atoms with Crippen molar-refractivity contribution in [3.8, 4) is 0 Å². The average Bonchev–Trinajstić information content (AvgIpc) is 3.96. The number of Topliss-reactive ketones (excluding diaryl/α,β-unsaturated/α-hetero) is 2. The Morgan fingerprint density at radius 2 is 1.70 bits per heavy atom. The summed E-state index contributed by atoms with van der Waals surface area (Å²) in [5.74, 6) is -3.87. The lowest BCUT2D eigenvalue weighted by molar-refractivity contribution is -0.181. The minimum atomic E-state index is -1.77. The lowest BCUT2D eigenvalue weighted by atomic mass is 9.46. The minimum Gasteiger partial charge on any atom is -0.461 e. The number of ketones is 3. The second-order valence-electron chi connectivity index (χ2n) is 17.4. The van der Waals surface area contributed by atoms with Crippen LogP contribution in [-0.2, 0) is 46.5 Å². The Morgan fingerprint density at radius 3 is 2.46 bits per heavy atom. The van der Waals surface area contributed by atoms with Crippen molar-refractivity contribution in [3.05, 3.63) is 101 Å². The molecule has 5 aliphatic rings. The van der Waals surface area contributed by atoms with E-state index >= 15 is 0 Å². The van der Waals surface area contributed by atoms with E-state index in [9.17, 15) is 34.2 Å². The highest BCUT2D eigenvalue weighted by Gasteiger charge is 2.68. The maximum Gasteiger partial charge on any atom is 0.310 e. The summed E-state index contributed by atoms with van der Waals surface area (Å²) in [6, 6.07) is 15.0. The average molecular weight is 775 g/mol. The number of aromatic nitrogens is 1. The number of hydrogen-bond acceptors (Lipinski definition) is 11. The van der Waals surface area contributed by atoms with Gasteiger partial charge >= 0.3 is 11.9 Å². The molecular weight excluding hydrogens is 725 g/mol. The van der Waals surface area contributed by atoms with Crippen LogP contribution < -0.4 is 5.73 Å². The van der Waals surface area contributed by atoms with Crippen molar-refractivity contribution >= 4 is 40.1 Å². The van der Waals surface area contributed by atoms with Gasteiger partial charge in [-0.25, -0.2) is 0 Å². The highest BCUT2D eigenvalue weighted by atomic mass is 16.5. The lowest BCUT2D eigenvalue weighted by Gasteiger charge is -2.59. The van der Waals surface area contributed by atoms with Gasteiger partial charge in [0, 0.05) is 47.5 Å². The van der Waals surface area contributed by atoms with Crippen molar-refractivity contribution in [3.63, 3.8) is 0 Å². The van der Waals surface area contributed by atoms with Crippen molar-refractivity contribution in [1.29, 1.82) is 0 Å². The fourth-order valence-corrected chi connectivity index (χ4v) is 11.0. The summed E-state index contributed by atoms with van der Waals surface area (Å²) < 4.78 is 10.9. The number of pyridine rings is 1. The van der Waals surface area contributed by atoms with Crippen LogP contribution >= 0.6 is 0 Å². The van der Waals surface area contributed by atoms with Gasteiger partial charge in [0.15, 0.2) is 12.4 Å². The van der Waals surface area contributed by atoms with Crippen LogP contribution in [0, 0.1) is 40.4 Å². The second-order valence-corrected chi connectivity index (χ2v) is 17.4. The van der Waals surface area contributed by atoms with Gasteiger partial charge in [0.25, 0.3) is 0 Å². The van der Waals surface area contributed by atoms with Crippen LogP contribution in [0.25, 0.3) is 10.8 Å². The third-order valence-electron chi connectivity index (χ3n) is 14.3. The Kier molecular flexibility index (Phi) is 10.1. The number of rotatable bonds is 12. The molecule has 0 aliphatic heterocycles. The number of fused-ring (bicyclic) bond motifs is 6. The van der Waals surface area contributed by atoms with Gasteiger partial charge in [0.1, 0.15) is 18.0 Å². The molecule has 57 heavy (non-hydrogen) atoms. The van der Waals surface area contributed by atoms with E-state index in [0.717, 1.165) is 40.3 Å². The summed E-state index contributed by atoms with van der Waals surface area (Å²) in [4.78, 5) is 69.1. The first-order valence-electron chi connectivity index (χ1n) is 20.1. The Morgan fingerprint density at radius 1 is 0.965 bits per heavy atom. The zero-order valence-electron chi connectivity index (χ0n) is 32.4. The van der Waals surface area contributed by atoms with E-state index in [1.165, 1.54) is 0 Å². The summed E-state index contributed by atoms with van der Waals surface area (Å²) in [6.07, 6.45) is 10.9. The summed E-state index contributed by atoms with van der Waals surface area (Å²) in [6.45, 7) is 3.47. The molecule has 11 nitrogen and oxygen atoms in total. The van der Waals surface area contributed by atoms with Crippen LogP contribution in [0.1, 0.15) is 75.0 Å². The van der Waals surface area contributed by atoms with Gasteiger partial charge in [0.2, 0.25) is 5.78 Å². The quantitative estimate of drug-likeness (QED) is 0.213. The van der Waals surface area contributed by atoms with Gasteiger partial charge in [-0.15, -0.1) is 0 Å². The Hall–Kier alpha value is -4.84. The first-order valence-corrected chi connectivity index (χ1v) is 20.1. The number of aliphatic hydroxyl groups excluding tert-OH is 1. The van der Waals surface area contributed by atoms with E-state index in [1.54, 1.807) is 36.7 Å². The van der Waals surface area contributed by atoms with E-state index in [-0.39, 0.29) is 68.2 Å². The van der Waals surface area contributed by atoms with Crippen LogP contribution in [0.5, 0.6) is 0 Å². The summed E-state index contributed by atoms with van der Waals surface area (Å²) >= 11 is 0. The van der Waals surface area contributed by atoms with Crippen molar-refractivity contribution in [1.82, 2.24) is 4.98 Å². The van der Waals surface area contributed by atoms with Crippen LogP contribution in [0.15, 0.2) is 84.7 Å². The SMILES string of the molecule is C[C@]12C=CC(=O)C=C1CC[C@@H]1[C@@H]2[C@@H](O)C[C@@]2(C)[C@H]1CC[C@]2(O)C(=O)COC(=O)C1CC1C(=O)OCc1ccc([C@@H](CN)C(=O)Cc2ccc3cnccc3c2)cc1. The smallest absolute Gasteiger partial charge is 0.310 e. The molecular formula is C46H50N2O9. The number of nitrogens with two attached hydrogens (primary N) is 1. The molecule has 8 rings (SSSR count). The number of carbonyl (C=O) groups is 5. The monoisotopic (exact) mass is 774 g/mol. The van der Waals surface area contributed by atoms with E-state index in [0.29, 0.717) is 12.0 Å². The zero-order valence-corrected chi connectivity index (χ0v) is 32.4. The summed E-state index contributed by atoms with van der Waals surface area (Å²) in [7, 11) is 0. The first kappa shape index (κ1) is 39.0. The van der Waals surface area contributed by atoms with Crippen molar-refractivity contribution < 1.29 is 43.7 Å². The third-order valence-corrected chi connectivity index (χ3v) is 14.3. The number of ether oxygens (including phenoxy) is 2. The van der Waals surface area contributed by atoms with Gasteiger partial charge in [-0.2, -0.15) is 0 Å². The molecule has 0 amide bonds. The standard InChI is InChI=1S/C46H50N2O9/c1-44-14-11-32(49)19-31(44)9-10-33-37-12-15-46(55,45(37,2)21-39(51)41(33)44)40(52)25-57-43(54)35-20-34(35)42(53)56-24-26-3-6-28(7-4-26)36(22-47)38(50)18-27-5-8-30-23-48-16-13-29(30)17-27/h3-8,11,13-14,16-17,19,23,33-37,39,41,51,55H,9-10,12,15,18,20-22,24-25,47H2,1-2H3/t33-,34?,35?,36+,37-,39-,41+,44-,45-,46-/m0/s1. The molecule has 3 aromatic rings. The number of allylic oxidation sites excluding steroid dienone is 4. The summed E-state index contributed by atoms with van der Waals surface area (Å²) in [5, 5.41) is 25.6. The largest absolute Gasteiger partial charge is 0.461 e. The first-order chi connectivity index (χ1) is 27.3. The molecule has 2 unspecified atom stereocenters. The van der Waals surface area contributed by atoms with E-state index in [2.05, 4.69) is 11.9 Å². The van der Waals surface area contributed by atoms with Crippen LogP contribution in [0.2, 0.25) is 0 Å². The number of benzene rings is 2. The molecule has 2 aromatic carbocycles. The minimum absolute atomic E-state index is 0.00258. The topological polar surface area (TPSA) is 183 Å². The number of nitrogens with zero attached hydrogens (tertiary/aromatic N) is 1. The molecule has 4 fully saturated rings. The molecule has 0 spiro atoms. The van der Waals surface area contributed by atoms with Gasteiger partial charge in [-0.05, 0) is 90.7 Å². The van der Waals surface area contributed by atoms with E-state index < -0.39 is 64.6 Å². The molecule has 4 saturated carbocycles. The number of hydrogen-bond donors (Lipinski definition) is 3. The normalized spacial score (nSPS) is 33.0. The van der Waals surface area contributed by atoms with Crippen LogP contribution in [0.3, 0.4) is 0 Å². The van der Waals surface area contributed by atoms with E-state index in [4.69, 9.17) is 15.2 Å². The summed E-state index contributed by atoms with van der Waals surface area (Å²) in [5.41, 5.74) is 6.30. The molecule has 11 heteroatoms. The predicted molar refractivity (Wildman–Crippen MR) is 209 cm³/mol. The van der Waals surface area contributed by atoms with Gasteiger partial charge in [0.05, 0.1) is 23.9 Å². The fraction of sp³-hybridized carbons (Fsp3) is 0.478. The zero-order chi connectivity index (χ0) is 40.3. The molecule has 298 valence electrons. The number of carbonyl (C=O) groups excluding carboxylic acids is 5. The second kappa shape index (κ2) is 14.8. The highest BCUT2D eigenvalue weighted by Crippen LogP contribution is 2.67. The van der Waals surface area contributed by atoms with Gasteiger partial charge < -0.3 is 25.4 Å². The van der Waals surface area contributed by atoms with Crippen LogP contribution in [-0.4, -0.2) is 69.3 Å². The number of aliphatic hydroxyl groups is 2. The van der Waals surface area contributed by atoms with Crippen molar-refractivity contribution in [2.75, 3.05) is 13.2 Å². The lowest BCUT2D eigenvalue weighted by Crippen LogP contribution is -2.61. The van der Waals surface area contributed by atoms with Gasteiger partial charge in [-0.3, -0.25) is 29.0 Å². The molecule has 0 radical (unpaired) electrons. The maximum absolute atomic E-state index is 13.7. The molecule has 0 saturated heterocycles. The molecule has 0 bridgehead atoms. The maximum atomic E-state index is 13.7. The van der Waals surface area contributed by atoms with Gasteiger partial charge in [-0.1, -0.05) is 68.0 Å². The highest BCUT2D eigenvalue weighted by molar-refractivity contribution is 6.01. The number of esters is 2. The third kappa shape index (κ3) is 6.87. The van der Waals surface area contributed by atoms with Crippen molar-refractivity contribution in [2.45, 2.75) is 83.0 Å². The molecule has 5 aliphatic carbocycles. The predicted octanol–water partition coefficient (Wildman–Crippen LogP) is 4.89. The molecule has 1 heterocycles. The molecule has 10 atom stereocenters. The Balaban J connectivity index is 0.814. The fourth-order valence-electron chi connectivity index (χ4n) is 11.0. The molecule has 1 aromatic heterocycles. The van der Waals surface area contributed by atoms with E-state index in [1.807, 2.05) is 49.4 Å². The molecule has 4 N–H and O–H groups in total. The Labute approximate surface area is 331 Å². The van der Waals surface area contributed by atoms with Crippen LogP contribution in [0.4, 0.5) is 0 Å². The van der Waals surface area contributed by atoms with Crippen molar-refractivity contribution in [2.24, 2.45) is 46.2 Å².